The molecule has 0 aromatic carbocycles. The van der Waals surface area contributed by atoms with Crippen LogP contribution in [-0.4, -0.2) is 25.3 Å². The lowest BCUT2D eigenvalue weighted by Crippen LogP contribution is -2.40. The number of hydrogen-bond acceptors (Lipinski definition) is 2. The minimum atomic E-state index is 0.408. The number of rotatable bonds is 5. The van der Waals surface area contributed by atoms with Crippen molar-refractivity contribution in [3.05, 3.63) is 12.7 Å². The minimum absolute atomic E-state index is 0.408. The second-order valence-electron chi connectivity index (χ2n) is 3.83. The van der Waals surface area contributed by atoms with Gasteiger partial charge in [0.05, 0.1) is 6.61 Å². The van der Waals surface area contributed by atoms with Crippen molar-refractivity contribution in [3.8, 4) is 0 Å². The largest absolute Gasteiger partial charge is 0.381 e. The van der Waals surface area contributed by atoms with Gasteiger partial charge in [0.2, 0.25) is 0 Å². The third-order valence-corrected chi connectivity index (χ3v) is 2.80. The number of nitrogens with one attached hydrogen (secondary N) is 1. The maximum Gasteiger partial charge on any atom is 0.0510 e. The molecule has 0 spiro atoms. The Bertz CT molecular complexity index is 152. The molecule has 0 aromatic heterocycles. The highest BCUT2D eigenvalue weighted by molar-refractivity contribution is 4.87. The maximum atomic E-state index is 5.39. The van der Waals surface area contributed by atoms with Crippen LogP contribution in [0.1, 0.15) is 26.7 Å². The molecule has 76 valence electrons. The van der Waals surface area contributed by atoms with Gasteiger partial charge in [0.1, 0.15) is 0 Å². The molecule has 1 aliphatic heterocycles. The summed E-state index contributed by atoms with van der Waals surface area (Å²) in [5, 5.41) is 3.56. The molecule has 1 heterocycles. The van der Waals surface area contributed by atoms with Crippen LogP contribution in [-0.2, 0) is 4.74 Å². The van der Waals surface area contributed by atoms with E-state index < -0.39 is 0 Å². The van der Waals surface area contributed by atoms with Crippen molar-refractivity contribution >= 4 is 0 Å². The average molecular weight is 183 g/mol. The predicted octanol–water partition coefficient (Wildman–Crippen LogP) is 1.97. The molecule has 3 unspecified atom stereocenters. The fourth-order valence-electron chi connectivity index (χ4n) is 1.86. The molecule has 13 heavy (non-hydrogen) atoms. The summed E-state index contributed by atoms with van der Waals surface area (Å²) in [6.07, 6.45) is 4.33. The van der Waals surface area contributed by atoms with Crippen LogP contribution in [0, 0.1) is 5.92 Å². The van der Waals surface area contributed by atoms with Gasteiger partial charge < -0.3 is 10.1 Å². The van der Waals surface area contributed by atoms with E-state index >= 15 is 0 Å². The summed E-state index contributed by atoms with van der Waals surface area (Å²) < 4.78 is 5.39. The molecule has 1 rings (SSSR count). The van der Waals surface area contributed by atoms with Crippen LogP contribution in [0.3, 0.4) is 0 Å². The lowest BCUT2D eigenvalue weighted by atomic mass is 9.96. The fourth-order valence-corrected chi connectivity index (χ4v) is 1.86. The van der Waals surface area contributed by atoms with Gasteiger partial charge in [0.25, 0.3) is 0 Å². The van der Waals surface area contributed by atoms with E-state index in [4.69, 9.17) is 4.74 Å². The summed E-state index contributed by atoms with van der Waals surface area (Å²) >= 11 is 0. The molecule has 0 bridgehead atoms. The second kappa shape index (κ2) is 5.40. The van der Waals surface area contributed by atoms with E-state index in [2.05, 4.69) is 25.7 Å². The Morgan fingerprint density at radius 3 is 2.92 bits per heavy atom. The van der Waals surface area contributed by atoms with E-state index in [1.807, 2.05) is 6.08 Å². The van der Waals surface area contributed by atoms with Gasteiger partial charge in [-0.3, -0.25) is 0 Å². The summed E-state index contributed by atoms with van der Waals surface area (Å²) in [7, 11) is 0. The SMILES string of the molecule is C=CC(C)NC(CC)C1CCOC1. The lowest BCUT2D eigenvalue weighted by molar-refractivity contribution is 0.175. The van der Waals surface area contributed by atoms with E-state index in [0.29, 0.717) is 18.0 Å². The zero-order valence-electron chi connectivity index (χ0n) is 8.75. The van der Waals surface area contributed by atoms with Gasteiger partial charge >= 0.3 is 0 Å². The first kappa shape index (κ1) is 10.7. The van der Waals surface area contributed by atoms with Gasteiger partial charge in [-0.2, -0.15) is 0 Å². The molecular formula is C11H21NO. The summed E-state index contributed by atoms with van der Waals surface area (Å²) in [6, 6.07) is 1.00. The van der Waals surface area contributed by atoms with Crippen molar-refractivity contribution in [1.82, 2.24) is 5.32 Å². The third kappa shape index (κ3) is 3.12. The van der Waals surface area contributed by atoms with Gasteiger partial charge in [-0.15, -0.1) is 6.58 Å². The zero-order valence-corrected chi connectivity index (χ0v) is 8.75. The molecule has 2 nitrogen and oxygen atoms in total. The van der Waals surface area contributed by atoms with Crippen LogP contribution in [0.2, 0.25) is 0 Å². The first-order valence-electron chi connectivity index (χ1n) is 5.24. The van der Waals surface area contributed by atoms with Gasteiger partial charge in [-0.1, -0.05) is 13.0 Å². The van der Waals surface area contributed by atoms with Crippen LogP contribution >= 0.6 is 0 Å². The van der Waals surface area contributed by atoms with Gasteiger partial charge in [-0.05, 0) is 25.7 Å². The maximum absolute atomic E-state index is 5.39. The van der Waals surface area contributed by atoms with Crippen molar-refractivity contribution in [3.63, 3.8) is 0 Å². The first-order chi connectivity index (χ1) is 6.27. The lowest BCUT2D eigenvalue weighted by Gasteiger charge is -2.24. The van der Waals surface area contributed by atoms with Crippen LogP contribution < -0.4 is 5.32 Å². The Morgan fingerprint density at radius 2 is 2.46 bits per heavy atom. The Hall–Kier alpha value is -0.340. The van der Waals surface area contributed by atoms with Crippen molar-refractivity contribution in [2.24, 2.45) is 5.92 Å². The molecule has 1 N–H and O–H groups in total. The topological polar surface area (TPSA) is 21.3 Å². The van der Waals surface area contributed by atoms with E-state index in [1.54, 1.807) is 0 Å². The van der Waals surface area contributed by atoms with Crippen LogP contribution in [0.4, 0.5) is 0 Å². The average Bonchev–Trinajstić information content (AvgIpc) is 2.66. The molecule has 0 amide bonds. The highest BCUT2D eigenvalue weighted by Crippen LogP contribution is 2.19. The standard InChI is InChI=1S/C11H21NO/c1-4-9(3)12-11(5-2)10-6-7-13-8-10/h4,9-12H,1,5-8H2,2-3H3. The molecule has 3 atom stereocenters. The summed E-state index contributed by atoms with van der Waals surface area (Å²) in [4.78, 5) is 0. The van der Waals surface area contributed by atoms with Crippen LogP contribution in [0.15, 0.2) is 12.7 Å². The first-order valence-corrected chi connectivity index (χ1v) is 5.24. The predicted molar refractivity (Wildman–Crippen MR) is 55.8 cm³/mol. The Labute approximate surface area is 81.4 Å². The van der Waals surface area contributed by atoms with E-state index in [9.17, 15) is 0 Å². The normalized spacial score (nSPS) is 27.1. The van der Waals surface area contributed by atoms with Crippen molar-refractivity contribution in [2.45, 2.75) is 38.8 Å². The highest BCUT2D eigenvalue weighted by atomic mass is 16.5. The number of ether oxygens (including phenoxy) is 1. The molecule has 1 saturated heterocycles. The Kier molecular flexibility index (Phi) is 4.46. The van der Waals surface area contributed by atoms with Crippen LogP contribution in [0.5, 0.6) is 0 Å². The monoisotopic (exact) mass is 183 g/mol. The smallest absolute Gasteiger partial charge is 0.0510 e. The van der Waals surface area contributed by atoms with E-state index in [1.165, 1.54) is 12.8 Å². The Balaban J connectivity index is 2.36. The van der Waals surface area contributed by atoms with Gasteiger partial charge in [0, 0.05) is 18.7 Å². The van der Waals surface area contributed by atoms with E-state index in [-0.39, 0.29) is 0 Å². The quantitative estimate of drug-likeness (QED) is 0.658. The zero-order chi connectivity index (χ0) is 9.68. The third-order valence-electron chi connectivity index (χ3n) is 2.80. The Morgan fingerprint density at radius 1 is 1.69 bits per heavy atom. The van der Waals surface area contributed by atoms with Crippen molar-refractivity contribution in [2.75, 3.05) is 13.2 Å². The molecule has 0 radical (unpaired) electrons. The fraction of sp³-hybridized carbons (Fsp3) is 0.818. The van der Waals surface area contributed by atoms with Gasteiger partial charge in [0.15, 0.2) is 0 Å². The van der Waals surface area contributed by atoms with Crippen molar-refractivity contribution in [1.29, 1.82) is 0 Å². The van der Waals surface area contributed by atoms with E-state index in [0.717, 1.165) is 13.2 Å². The molecule has 1 fully saturated rings. The second-order valence-corrected chi connectivity index (χ2v) is 3.83. The molecular weight excluding hydrogens is 162 g/mol. The molecule has 1 aliphatic rings. The molecule has 0 aliphatic carbocycles. The summed E-state index contributed by atoms with van der Waals surface area (Å²) in [5.41, 5.74) is 0. The summed E-state index contributed by atoms with van der Waals surface area (Å²) in [6.45, 7) is 10.0. The van der Waals surface area contributed by atoms with Crippen LogP contribution in [0.25, 0.3) is 0 Å². The minimum Gasteiger partial charge on any atom is -0.381 e. The number of hydrogen-bond donors (Lipinski definition) is 1. The highest BCUT2D eigenvalue weighted by Gasteiger charge is 2.24. The molecule has 2 heteroatoms. The molecule has 0 aromatic rings. The van der Waals surface area contributed by atoms with Gasteiger partial charge in [-0.25, -0.2) is 0 Å². The molecule has 0 saturated carbocycles. The summed E-state index contributed by atoms with van der Waals surface area (Å²) in [5.74, 6) is 0.701. The van der Waals surface area contributed by atoms with Crippen molar-refractivity contribution < 1.29 is 4.74 Å².